The van der Waals surface area contributed by atoms with Crippen molar-refractivity contribution in [3.63, 3.8) is 0 Å². The van der Waals surface area contributed by atoms with Crippen molar-refractivity contribution in [2.24, 2.45) is 0 Å². The normalized spacial score (nSPS) is 11.0. The number of nitrogens with zero attached hydrogens (tertiary/aromatic N) is 1. The minimum absolute atomic E-state index is 0.0190. The van der Waals surface area contributed by atoms with Gasteiger partial charge in [0.05, 0.1) is 0 Å². The van der Waals surface area contributed by atoms with E-state index in [1.165, 1.54) is 19.2 Å². The molecule has 0 radical (unpaired) electrons. The molecular weight excluding hydrogens is 273 g/mol. The number of ether oxygens (including phenoxy) is 2. The number of fused-ring (bicyclic) bond motifs is 1. The number of aryl methyl sites for hydroxylation is 1. The van der Waals surface area contributed by atoms with Crippen molar-refractivity contribution in [2.75, 3.05) is 13.9 Å². The van der Waals surface area contributed by atoms with Crippen LogP contribution in [0.4, 0.5) is 4.39 Å². The van der Waals surface area contributed by atoms with Gasteiger partial charge in [-0.25, -0.2) is 9.37 Å². The van der Waals surface area contributed by atoms with Crippen molar-refractivity contribution in [3.8, 4) is 17.2 Å². The number of rotatable bonds is 4. The van der Waals surface area contributed by atoms with Crippen molar-refractivity contribution >= 4 is 11.1 Å². The number of oxazole rings is 1. The number of hydrogen-bond acceptors (Lipinski definition) is 4. The molecule has 1 aromatic heterocycles. The second kappa shape index (κ2) is 5.54. The van der Waals surface area contributed by atoms with E-state index < -0.39 is 5.82 Å². The summed E-state index contributed by atoms with van der Waals surface area (Å²) in [4.78, 5) is 4.42. The summed E-state index contributed by atoms with van der Waals surface area (Å²) in [6.45, 7) is 1.98. The number of halogens is 1. The van der Waals surface area contributed by atoms with E-state index >= 15 is 0 Å². The lowest BCUT2D eigenvalue weighted by Gasteiger charge is -2.04. The van der Waals surface area contributed by atoms with E-state index in [1.54, 1.807) is 0 Å². The minimum atomic E-state index is -0.443. The molecule has 0 unspecified atom stereocenters. The third kappa shape index (κ3) is 2.60. The van der Waals surface area contributed by atoms with Crippen LogP contribution < -0.4 is 4.74 Å². The fourth-order valence-electron chi connectivity index (χ4n) is 2.13. The zero-order valence-corrected chi connectivity index (χ0v) is 11.7. The Morgan fingerprint density at radius 3 is 2.81 bits per heavy atom. The first-order valence-electron chi connectivity index (χ1n) is 6.47. The van der Waals surface area contributed by atoms with E-state index in [2.05, 4.69) is 4.98 Å². The number of aromatic nitrogens is 1. The second-order valence-electron chi connectivity index (χ2n) is 4.64. The minimum Gasteiger partial charge on any atom is -0.465 e. The zero-order chi connectivity index (χ0) is 14.8. The molecule has 3 aromatic rings. The highest BCUT2D eigenvalue weighted by atomic mass is 19.1. The van der Waals surface area contributed by atoms with Gasteiger partial charge in [-0.3, -0.25) is 0 Å². The summed E-state index contributed by atoms with van der Waals surface area (Å²) in [5.74, 6) is 0.299. The van der Waals surface area contributed by atoms with Gasteiger partial charge in [0, 0.05) is 24.8 Å². The first-order chi connectivity index (χ1) is 10.2. The Kier molecular flexibility index (Phi) is 3.58. The molecule has 21 heavy (non-hydrogen) atoms. The average Bonchev–Trinajstić information content (AvgIpc) is 2.88. The standard InChI is InChI=1S/C16H14FNO3/c1-10-5-3-4-6-12(10)16-18-15-13(20-9-19-2)7-11(17)8-14(15)21-16/h3-8H,9H2,1-2H3. The van der Waals surface area contributed by atoms with Gasteiger partial charge < -0.3 is 13.9 Å². The fourth-order valence-corrected chi connectivity index (χ4v) is 2.13. The number of benzene rings is 2. The van der Waals surface area contributed by atoms with Crippen LogP contribution in [0, 0.1) is 12.7 Å². The Hall–Kier alpha value is -2.40. The molecule has 5 heteroatoms. The molecule has 0 aliphatic rings. The summed E-state index contributed by atoms with van der Waals surface area (Å²) in [6.07, 6.45) is 0. The summed E-state index contributed by atoms with van der Waals surface area (Å²) < 4.78 is 29.5. The van der Waals surface area contributed by atoms with Crippen molar-refractivity contribution < 1.29 is 18.3 Å². The maximum absolute atomic E-state index is 13.6. The van der Waals surface area contributed by atoms with Crippen LogP contribution in [0.2, 0.25) is 0 Å². The van der Waals surface area contributed by atoms with Crippen molar-refractivity contribution in [1.82, 2.24) is 4.98 Å². The predicted molar refractivity (Wildman–Crippen MR) is 76.6 cm³/mol. The molecule has 3 rings (SSSR count). The molecule has 0 fully saturated rings. The molecule has 0 spiro atoms. The first kappa shape index (κ1) is 13.6. The lowest BCUT2D eigenvalue weighted by atomic mass is 10.1. The molecule has 0 amide bonds. The molecular formula is C16H14FNO3. The smallest absolute Gasteiger partial charge is 0.227 e. The Morgan fingerprint density at radius 1 is 1.24 bits per heavy atom. The van der Waals surface area contributed by atoms with E-state index in [0.29, 0.717) is 22.7 Å². The highest BCUT2D eigenvalue weighted by molar-refractivity contribution is 5.82. The molecule has 1 heterocycles. The van der Waals surface area contributed by atoms with E-state index in [4.69, 9.17) is 13.9 Å². The maximum atomic E-state index is 13.6. The van der Waals surface area contributed by atoms with Crippen LogP contribution in [0.1, 0.15) is 5.56 Å². The fraction of sp³-hybridized carbons (Fsp3) is 0.188. The molecule has 0 bridgehead atoms. The van der Waals surface area contributed by atoms with E-state index in [-0.39, 0.29) is 6.79 Å². The molecule has 2 aromatic carbocycles. The molecule has 0 N–H and O–H groups in total. The molecule has 0 saturated carbocycles. The van der Waals surface area contributed by atoms with Crippen LogP contribution in [-0.4, -0.2) is 18.9 Å². The Balaban J connectivity index is 2.13. The Bertz CT molecular complexity index is 782. The largest absolute Gasteiger partial charge is 0.465 e. The van der Waals surface area contributed by atoms with Crippen LogP contribution in [0.3, 0.4) is 0 Å². The lowest BCUT2D eigenvalue weighted by molar-refractivity contribution is 0.0519. The molecule has 0 aliphatic heterocycles. The van der Waals surface area contributed by atoms with Gasteiger partial charge in [-0.05, 0) is 18.6 Å². The van der Waals surface area contributed by atoms with E-state index in [0.717, 1.165) is 11.1 Å². The third-order valence-corrected chi connectivity index (χ3v) is 3.13. The van der Waals surface area contributed by atoms with Crippen molar-refractivity contribution in [1.29, 1.82) is 0 Å². The SMILES string of the molecule is COCOc1cc(F)cc2oc(-c3ccccc3C)nc12. The van der Waals surface area contributed by atoms with Gasteiger partial charge in [-0.1, -0.05) is 18.2 Å². The predicted octanol–water partition coefficient (Wildman–Crippen LogP) is 3.93. The molecule has 0 atom stereocenters. The van der Waals surface area contributed by atoms with Crippen molar-refractivity contribution in [2.45, 2.75) is 6.92 Å². The van der Waals surface area contributed by atoms with Crippen LogP contribution in [0.15, 0.2) is 40.8 Å². The first-order valence-corrected chi connectivity index (χ1v) is 6.47. The average molecular weight is 287 g/mol. The van der Waals surface area contributed by atoms with Gasteiger partial charge in [0.25, 0.3) is 0 Å². The molecule has 0 saturated heterocycles. The molecule has 4 nitrogen and oxygen atoms in total. The van der Waals surface area contributed by atoms with Crippen LogP contribution in [-0.2, 0) is 4.74 Å². The molecule has 108 valence electrons. The Labute approximate surface area is 121 Å². The van der Waals surface area contributed by atoms with Gasteiger partial charge in [0.15, 0.2) is 23.6 Å². The van der Waals surface area contributed by atoms with Gasteiger partial charge >= 0.3 is 0 Å². The summed E-state index contributed by atoms with van der Waals surface area (Å²) in [5.41, 5.74) is 2.72. The lowest BCUT2D eigenvalue weighted by Crippen LogP contribution is -1.99. The summed E-state index contributed by atoms with van der Waals surface area (Å²) in [7, 11) is 1.50. The summed E-state index contributed by atoms with van der Waals surface area (Å²) in [6, 6.07) is 10.3. The van der Waals surface area contributed by atoms with Gasteiger partial charge in [-0.15, -0.1) is 0 Å². The monoisotopic (exact) mass is 287 g/mol. The topological polar surface area (TPSA) is 44.5 Å². The third-order valence-electron chi connectivity index (χ3n) is 3.13. The van der Waals surface area contributed by atoms with Gasteiger partial charge in [0.1, 0.15) is 5.82 Å². The van der Waals surface area contributed by atoms with E-state index in [1.807, 2.05) is 31.2 Å². The Morgan fingerprint density at radius 2 is 2.05 bits per heavy atom. The van der Waals surface area contributed by atoms with Crippen molar-refractivity contribution in [3.05, 3.63) is 47.8 Å². The summed E-state index contributed by atoms with van der Waals surface area (Å²) in [5, 5.41) is 0. The highest BCUT2D eigenvalue weighted by Gasteiger charge is 2.15. The second-order valence-corrected chi connectivity index (χ2v) is 4.64. The molecule has 0 aliphatic carbocycles. The van der Waals surface area contributed by atoms with Crippen LogP contribution in [0.5, 0.6) is 5.75 Å². The number of methoxy groups -OCH3 is 1. The quantitative estimate of drug-likeness (QED) is 0.682. The highest BCUT2D eigenvalue weighted by Crippen LogP contribution is 2.32. The van der Waals surface area contributed by atoms with Crippen LogP contribution in [0.25, 0.3) is 22.6 Å². The van der Waals surface area contributed by atoms with Crippen LogP contribution >= 0.6 is 0 Å². The maximum Gasteiger partial charge on any atom is 0.227 e. The number of hydrogen-bond donors (Lipinski definition) is 0. The van der Waals surface area contributed by atoms with E-state index in [9.17, 15) is 4.39 Å². The summed E-state index contributed by atoms with van der Waals surface area (Å²) >= 11 is 0. The van der Waals surface area contributed by atoms with Gasteiger partial charge in [0.2, 0.25) is 5.89 Å². The zero-order valence-electron chi connectivity index (χ0n) is 11.7. The van der Waals surface area contributed by atoms with Gasteiger partial charge in [-0.2, -0.15) is 0 Å².